The molecule has 0 unspecified atom stereocenters. The van der Waals surface area contributed by atoms with Crippen LogP contribution >= 0.6 is 0 Å². The highest BCUT2D eigenvalue weighted by molar-refractivity contribution is 5.59. The largest absolute Gasteiger partial charge is 0.494 e. The molecule has 6 nitrogen and oxygen atoms in total. The topological polar surface area (TPSA) is 59.8 Å². The van der Waals surface area contributed by atoms with Gasteiger partial charge in [-0.3, -0.25) is 0 Å². The molecule has 8 heteroatoms. The van der Waals surface area contributed by atoms with E-state index in [9.17, 15) is 8.78 Å². The Morgan fingerprint density at radius 3 is 2.70 bits per heavy atom. The Hall–Kier alpha value is -2.77. The van der Waals surface area contributed by atoms with E-state index in [0.29, 0.717) is 5.56 Å². The van der Waals surface area contributed by atoms with E-state index in [1.807, 2.05) is 0 Å². The molecule has 0 spiro atoms. The summed E-state index contributed by atoms with van der Waals surface area (Å²) in [5.41, 5.74) is 0.564. The molecule has 0 aliphatic heterocycles. The highest BCUT2D eigenvalue weighted by Gasteiger charge is 2.08. The third-order valence-electron chi connectivity index (χ3n) is 2.70. The summed E-state index contributed by atoms with van der Waals surface area (Å²) in [5, 5.41) is 0. The van der Waals surface area contributed by atoms with Crippen LogP contribution in [-0.4, -0.2) is 42.4 Å². The van der Waals surface area contributed by atoms with Crippen molar-refractivity contribution in [2.45, 2.75) is 6.61 Å². The minimum atomic E-state index is -0.661. The van der Waals surface area contributed by atoms with Crippen molar-refractivity contribution in [1.29, 1.82) is 0 Å². The van der Waals surface area contributed by atoms with Crippen LogP contribution in [0.3, 0.4) is 0 Å². The molecule has 0 aliphatic carbocycles. The van der Waals surface area contributed by atoms with Gasteiger partial charge in [0.25, 0.3) is 0 Å². The van der Waals surface area contributed by atoms with Crippen LogP contribution in [0.1, 0.15) is 5.56 Å². The van der Waals surface area contributed by atoms with Crippen molar-refractivity contribution >= 4 is 12.2 Å². The van der Waals surface area contributed by atoms with Crippen molar-refractivity contribution in [1.82, 2.24) is 14.9 Å². The number of ether oxygens (including phenoxy) is 2. The monoisotopic (exact) mass is 322 g/mol. The van der Waals surface area contributed by atoms with Gasteiger partial charge in [0.05, 0.1) is 19.6 Å². The Kier molecular flexibility index (Phi) is 5.40. The van der Waals surface area contributed by atoms with Gasteiger partial charge in [0.1, 0.15) is 6.61 Å². The molecule has 2 aromatic rings. The van der Waals surface area contributed by atoms with Crippen LogP contribution in [-0.2, 0) is 6.61 Å². The first-order valence-corrected chi connectivity index (χ1v) is 6.68. The molecule has 0 radical (unpaired) electrons. The fraction of sp³-hybridized carbons (Fsp3) is 0.267. The predicted molar refractivity (Wildman–Crippen MR) is 81.1 cm³/mol. The number of aliphatic imine (C=N–C) groups is 1. The van der Waals surface area contributed by atoms with Gasteiger partial charge in [-0.05, 0) is 17.7 Å². The van der Waals surface area contributed by atoms with Gasteiger partial charge >= 0.3 is 6.01 Å². The molecule has 122 valence electrons. The van der Waals surface area contributed by atoms with Crippen LogP contribution in [0.4, 0.5) is 14.6 Å². The van der Waals surface area contributed by atoms with Gasteiger partial charge in [-0.25, -0.2) is 18.8 Å². The van der Waals surface area contributed by atoms with E-state index in [-0.39, 0.29) is 24.2 Å². The number of nitrogens with zero attached hydrogens (tertiary/aromatic N) is 4. The molecule has 1 aromatic heterocycles. The molecule has 0 N–H and O–H groups in total. The fourth-order valence-electron chi connectivity index (χ4n) is 1.62. The molecule has 0 fully saturated rings. The molecule has 1 aromatic carbocycles. The number of hydrogen-bond acceptors (Lipinski definition) is 5. The number of methoxy groups -OCH3 is 1. The zero-order valence-corrected chi connectivity index (χ0v) is 13.0. The van der Waals surface area contributed by atoms with E-state index in [1.165, 1.54) is 25.6 Å². The number of halogens is 2. The minimum Gasteiger partial charge on any atom is -0.494 e. The first kappa shape index (κ1) is 16.6. The zero-order valence-electron chi connectivity index (χ0n) is 13.0. The Morgan fingerprint density at radius 2 is 2.04 bits per heavy atom. The van der Waals surface area contributed by atoms with E-state index >= 15 is 0 Å². The second-order valence-corrected chi connectivity index (χ2v) is 4.79. The van der Waals surface area contributed by atoms with Gasteiger partial charge in [0.15, 0.2) is 23.2 Å². The van der Waals surface area contributed by atoms with E-state index in [4.69, 9.17) is 9.47 Å². The van der Waals surface area contributed by atoms with Gasteiger partial charge in [-0.2, -0.15) is 4.98 Å². The third-order valence-corrected chi connectivity index (χ3v) is 2.70. The average molecular weight is 322 g/mol. The van der Waals surface area contributed by atoms with Crippen LogP contribution in [0.25, 0.3) is 0 Å². The highest BCUT2D eigenvalue weighted by atomic mass is 19.1. The molecule has 0 saturated heterocycles. The lowest BCUT2D eigenvalue weighted by Crippen LogP contribution is -2.07. The number of hydrogen-bond donors (Lipinski definition) is 0. The third kappa shape index (κ3) is 4.60. The standard InChI is InChI=1S/C15H16F2N4O2/c1-21(2)9-19-14-12(17)7-18-15(20-14)23-8-10-4-5-13(22-3)11(16)6-10/h4-7,9H,8H2,1-3H3/b19-9+. The molecule has 2 rings (SSSR count). The van der Waals surface area contributed by atoms with Crippen LogP contribution in [0.5, 0.6) is 11.8 Å². The van der Waals surface area contributed by atoms with Crippen LogP contribution < -0.4 is 9.47 Å². The maximum absolute atomic E-state index is 13.6. The van der Waals surface area contributed by atoms with Crippen molar-refractivity contribution in [3.63, 3.8) is 0 Å². The lowest BCUT2D eigenvalue weighted by Gasteiger charge is -2.07. The second kappa shape index (κ2) is 7.48. The molecule has 0 bridgehead atoms. The fourth-order valence-corrected chi connectivity index (χ4v) is 1.62. The summed E-state index contributed by atoms with van der Waals surface area (Å²) in [4.78, 5) is 13.1. The first-order chi connectivity index (χ1) is 11.0. The molecular weight excluding hydrogens is 306 g/mol. The maximum atomic E-state index is 13.6. The van der Waals surface area contributed by atoms with Crippen molar-refractivity contribution in [3.8, 4) is 11.8 Å². The first-order valence-electron chi connectivity index (χ1n) is 6.68. The van der Waals surface area contributed by atoms with E-state index in [1.54, 1.807) is 25.1 Å². The molecule has 0 amide bonds. The van der Waals surface area contributed by atoms with Crippen LogP contribution in [0.2, 0.25) is 0 Å². The molecule has 23 heavy (non-hydrogen) atoms. The Labute approximate surface area is 132 Å². The van der Waals surface area contributed by atoms with Gasteiger partial charge in [0.2, 0.25) is 0 Å². The minimum absolute atomic E-state index is 0.0311. The lowest BCUT2D eigenvalue weighted by molar-refractivity contribution is 0.278. The van der Waals surface area contributed by atoms with Crippen molar-refractivity contribution in [3.05, 3.63) is 41.6 Å². The van der Waals surface area contributed by atoms with Crippen LogP contribution in [0, 0.1) is 11.6 Å². The van der Waals surface area contributed by atoms with Crippen LogP contribution in [0.15, 0.2) is 29.4 Å². The molecular formula is C15H16F2N4O2. The highest BCUT2D eigenvalue weighted by Crippen LogP contribution is 2.20. The summed E-state index contributed by atoms with van der Waals surface area (Å²) < 4.78 is 37.3. The summed E-state index contributed by atoms with van der Waals surface area (Å²) >= 11 is 0. The lowest BCUT2D eigenvalue weighted by atomic mass is 10.2. The normalized spacial score (nSPS) is 10.8. The summed E-state index contributed by atoms with van der Waals surface area (Å²) in [7, 11) is 4.88. The molecule has 0 aliphatic rings. The van der Waals surface area contributed by atoms with Gasteiger partial charge in [0, 0.05) is 14.1 Å². The summed E-state index contributed by atoms with van der Waals surface area (Å²) in [6, 6.07) is 4.38. The maximum Gasteiger partial charge on any atom is 0.318 e. The number of benzene rings is 1. The van der Waals surface area contributed by atoms with E-state index < -0.39 is 11.6 Å². The quantitative estimate of drug-likeness (QED) is 0.604. The van der Waals surface area contributed by atoms with Crippen molar-refractivity contribution in [2.24, 2.45) is 4.99 Å². The smallest absolute Gasteiger partial charge is 0.318 e. The number of rotatable bonds is 6. The summed E-state index contributed by atoms with van der Waals surface area (Å²) in [5.74, 6) is -1.15. The molecule has 0 atom stereocenters. The number of aromatic nitrogens is 2. The summed E-state index contributed by atoms with van der Waals surface area (Å²) in [6.07, 6.45) is 2.38. The van der Waals surface area contributed by atoms with Crippen molar-refractivity contribution in [2.75, 3.05) is 21.2 Å². The molecule has 1 heterocycles. The van der Waals surface area contributed by atoms with Gasteiger partial charge in [-0.1, -0.05) is 6.07 Å². The van der Waals surface area contributed by atoms with Gasteiger partial charge in [-0.15, -0.1) is 0 Å². The van der Waals surface area contributed by atoms with Crippen molar-refractivity contribution < 1.29 is 18.3 Å². The summed E-state index contributed by atoms with van der Waals surface area (Å²) in [6.45, 7) is 0.0311. The Morgan fingerprint density at radius 1 is 1.26 bits per heavy atom. The molecule has 0 saturated carbocycles. The second-order valence-electron chi connectivity index (χ2n) is 4.79. The SMILES string of the molecule is COc1ccc(COc2ncc(F)c(/N=C/N(C)C)n2)cc1F. The Balaban J connectivity index is 2.08. The Bertz CT molecular complexity index is 708. The average Bonchev–Trinajstić information content (AvgIpc) is 2.53. The van der Waals surface area contributed by atoms with E-state index in [0.717, 1.165) is 6.20 Å². The predicted octanol–water partition coefficient (Wildman–Crippen LogP) is 2.56. The van der Waals surface area contributed by atoms with E-state index in [2.05, 4.69) is 15.0 Å². The van der Waals surface area contributed by atoms with Gasteiger partial charge < -0.3 is 14.4 Å². The zero-order chi connectivity index (χ0) is 16.8.